The van der Waals surface area contributed by atoms with Crippen molar-refractivity contribution in [1.82, 2.24) is 10.2 Å². The smallest absolute Gasteiger partial charge is 0.243 e. The van der Waals surface area contributed by atoms with Crippen LogP contribution in [-0.2, 0) is 29.0 Å². The number of hydrogen-bond donors (Lipinski definition) is 1. The maximum absolute atomic E-state index is 14.6. The van der Waals surface area contributed by atoms with Gasteiger partial charge in [0, 0.05) is 36.5 Å². The molecule has 0 saturated carbocycles. The molecule has 0 saturated heterocycles. The summed E-state index contributed by atoms with van der Waals surface area (Å²) in [6, 6.07) is 22.5. The van der Waals surface area contributed by atoms with Gasteiger partial charge in [0.25, 0.3) is 0 Å². The zero-order chi connectivity index (χ0) is 25.2. The first-order valence-corrected chi connectivity index (χ1v) is 12.3. The van der Waals surface area contributed by atoms with Crippen LogP contribution in [0, 0.1) is 11.7 Å². The summed E-state index contributed by atoms with van der Waals surface area (Å²) in [5.74, 6) is -0.622. The largest absolute Gasteiger partial charge is 0.354 e. The summed E-state index contributed by atoms with van der Waals surface area (Å²) in [4.78, 5) is 28.5. The highest BCUT2D eigenvalue weighted by molar-refractivity contribution is 6.31. The first-order valence-electron chi connectivity index (χ1n) is 11.9. The van der Waals surface area contributed by atoms with Crippen molar-refractivity contribution < 1.29 is 14.0 Å². The summed E-state index contributed by atoms with van der Waals surface area (Å²) < 4.78 is 14.6. The van der Waals surface area contributed by atoms with Crippen molar-refractivity contribution in [3.8, 4) is 0 Å². The van der Waals surface area contributed by atoms with E-state index in [1.54, 1.807) is 24.3 Å². The van der Waals surface area contributed by atoms with Crippen LogP contribution in [0.15, 0.2) is 78.9 Å². The van der Waals surface area contributed by atoms with Gasteiger partial charge in [-0.1, -0.05) is 92.2 Å². The molecule has 0 aliphatic rings. The first kappa shape index (κ1) is 26.4. The molecule has 3 aromatic carbocycles. The number of nitrogens with one attached hydrogen (secondary N) is 1. The lowest BCUT2D eigenvalue weighted by molar-refractivity contribution is -0.141. The van der Waals surface area contributed by atoms with Crippen LogP contribution < -0.4 is 5.32 Å². The summed E-state index contributed by atoms with van der Waals surface area (Å²) in [6.07, 6.45) is 0.913. The van der Waals surface area contributed by atoms with Crippen molar-refractivity contribution in [1.29, 1.82) is 0 Å². The molecule has 0 spiro atoms. The fourth-order valence-electron chi connectivity index (χ4n) is 3.87. The van der Waals surface area contributed by atoms with Crippen molar-refractivity contribution in [3.05, 3.63) is 106 Å². The second kappa shape index (κ2) is 13.1. The monoisotopic (exact) mass is 494 g/mol. The van der Waals surface area contributed by atoms with Crippen molar-refractivity contribution in [2.24, 2.45) is 5.92 Å². The zero-order valence-electron chi connectivity index (χ0n) is 20.2. The van der Waals surface area contributed by atoms with Gasteiger partial charge in [-0.05, 0) is 35.6 Å². The normalized spacial score (nSPS) is 11.8. The zero-order valence-corrected chi connectivity index (χ0v) is 21.0. The molecular weight excluding hydrogens is 463 g/mol. The highest BCUT2D eigenvalue weighted by Gasteiger charge is 2.30. The predicted octanol–water partition coefficient (Wildman–Crippen LogP) is 5.82. The molecule has 1 N–H and O–H groups in total. The number of halogens is 2. The molecule has 1 unspecified atom stereocenters. The van der Waals surface area contributed by atoms with Crippen LogP contribution in [0.3, 0.4) is 0 Å². The molecule has 3 aromatic rings. The Balaban J connectivity index is 1.92. The van der Waals surface area contributed by atoms with Crippen LogP contribution in [-0.4, -0.2) is 29.3 Å². The summed E-state index contributed by atoms with van der Waals surface area (Å²) in [7, 11) is 0. The SMILES string of the molecule is CC(C)CNC(=O)C(Cc1ccccc1)N(Cc1ccccc1F)C(=O)CCc1ccccc1Cl. The average molecular weight is 495 g/mol. The number of carbonyl (C=O) groups excluding carboxylic acids is 2. The molecule has 0 aliphatic heterocycles. The van der Waals surface area contributed by atoms with Crippen LogP contribution >= 0.6 is 11.6 Å². The minimum atomic E-state index is -0.783. The Morgan fingerprint density at radius 1 is 0.914 bits per heavy atom. The van der Waals surface area contributed by atoms with Crippen LogP contribution in [0.2, 0.25) is 5.02 Å². The molecule has 0 fully saturated rings. The molecule has 184 valence electrons. The lowest BCUT2D eigenvalue weighted by Crippen LogP contribution is -2.51. The van der Waals surface area contributed by atoms with Gasteiger partial charge in [0.15, 0.2) is 0 Å². The van der Waals surface area contributed by atoms with Gasteiger partial charge in [0.2, 0.25) is 11.8 Å². The van der Waals surface area contributed by atoms with E-state index >= 15 is 0 Å². The van der Waals surface area contributed by atoms with Gasteiger partial charge in [-0.15, -0.1) is 0 Å². The molecule has 2 amide bonds. The Bertz CT molecular complexity index is 1120. The Labute approximate surface area is 212 Å². The summed E-state index contributed by atoms with van der Waals surface area (Å²) >= 11 is 6.29. The number of benzene rings is 3. The van der Waals surface area contributed by atoms with Gasteiger partial charge >= 0.3 is 0 Å². The summed E-state index contributed by atoms with van der Waals surface area (Å²) in [6.45, 7) is 4.52. The predicted molar refractivity (Wildman–Crippen MR) is 139 cm³/mol. The maximum atomic E-state index is 14.6. The summed E-state index contributed by atoms with van der Waals surface area (Å²) in [5.41, 5.74) is 2.15. The van der Waals surface area contributed by atoms with Gasteiger partial charge in [-0.3, -0.25) is 9.59 Å². The van der Waals surface area contributed by atoms with E-state index in [0.717, 1.165) is 11.1 Å². The third-order valence-corrected chi connectivity index (χ3v) is 6.19. The van der Waals surface area contributed by atoms with Crippen LogP contribution in [0.1, 0.15) is 37.0 Å². The van der Waals surface area contributed by atoms with Crippen molar-refractivity contribution >= 4 is 23.4 Å². The minimum absolute atomic E-state index is 0.000622. The van der Waals surface area contributed by atoms with E-state index in [1.807, 2.05) is 62.4 Å². The van der Waals surface area contributed by atoms with Gasteiger partial charge in [0.1, 0.15) is 11.9 Å². The summed E-state index contributed by atoms with van der Waals surface area (Å²) in [5, 5.41) is 3.57. The standard InChI is InChI=1S/C29H32ClFN2O2/c1-21(2)19-32-29(35)27(18-22-10-4-3-5-11-22)33(20-24-13-7-9-15-26(24)31)28(34)17-16-23-12-6-8-14-25(23)30/h3-15,21,27H,16-20H2,1-2H3,(H,32,35). The molecule has 35 heavy (non-hydrogen) atoms. The second-order valence-electron chi connectivity index (χ2n) is 9.05. The van der Waals surface area contributed by atoms with Crippen molar-refractivity contribution in [2.45, 2.75) is 45.7 Å². The third-order valence-electron chi connectivity index (χ3n) is 5.82. The van der Waals surface area contributed by atoms with E-state index in [9.17, 15) is 14.0 Å². The van der Waals surface area contributed by atoms with Gasteiger partial charge in [-0.2, -0.15) is 0 Å². The van der Waals surface area contributed by atoms with Gasteiger partial charge in [0.05, 0.1) is 0 Å². The van der Waals surface area contributed by atoms with E-state index < -0.39 is 11.9 Å². The third kappa shape index (κ3) is 7.93. The molecule has 0 aromatic heterocycles. The van der Waals surface area contributed by atoms with E-state index in [0.29, 0.717) is 30.0 Å². The average Bonchev–Trinajstić information content (AvgIpc) is 2.85. The first-order chi connectivity index (χ1) is 16.8. The van der Waals surface area contributed by atoms with E-state index in [1.165, 1.54) is 11.0 Å². The Kier molecular flexibility index (Phi) is 9.86. The highest BCUT2D eigenvalue weighted by atomic mass is 35.5. The fourth-order valence-corrected chi connectivity index (χ4v) is 4.10. The van der Waals surface area contributed by atoms with Crippen LogP contribution in [0.4, 0.5) is 4.39 Å². The highest BCUT2D eigenvalue weighted by Crippen LogP contribution is 2.21. The molecule has 0 bridgehead atoms. The Morgan fingerprint density at radius 2 is 1.54 bits per heavy atom. The molecule has 0 aliphatic carbocycles. The quantitative estimate of drug-likeness (QED) is 0.365. The topological polar surface area (TPSA) is 49.4 Å². The van der Waals surface area contributed by atoms with E-state index in [-0.39, 0.29) is 30.7 Å². The number of rotatable bonds is 11. The van der Waals surface area contributed by atoms with Gasteiger partial charge in [-0.25, -0.2) is 4.39 Å². The minimum Gasteiger partial charge on any atom is -0.354 e. The number of carbonyl (C=O) groups is 2. The van der Waals surface area contributed by atoms with Crippen LogP contribution in [0.5, 0.6) is 0 Å². The number of amides is 2. The number of hydrogen-bond acceptors (Lipinski definition) is 2. The number of aryl methyl sites for hydroxylation is 1. The Hall–Kier alpha value is -3.18. The van der Waals surface area contributed by atoms with E-state index in [2.05, 4.69) is 5.32 Å². The van der Waals surface area contributed by atoms with E-state index in [4.69, 9.17) is 11.6 Å². The van der Waals surface area contributed by atoms with Crippen LogP contribution in [0.25, 0.3) is 0 Å². The fraction of sp³-hybridized carbons (Fsp3) is 0.310. The molecular formula is C29H32ClFN2O2. The second-order valence-corrected chi connectivity index (χ2v) is 9.46. The number of nitrogens with zero attached hydrogens (tertiary/aromatic N) is 1. The van der Waals surface area contributed by atoms with Crippen molar-refractivity contribution in [3.63, 3.8) is 0 Å². The van der Waals surface area contributed by atoms with Crippen molar-refractivity contribution in [2.75, 3.05) is 6.54 Å². The molecule has 4 nitrogen and oxygen atoms in total. The molecule has 6 heteroatoms. The molecule has 1 atom stereocenters. The molecule has 0 heterocycles. The lowest BCUT2D eigenvalue weighted by Gasteiger charge is -2.32. The Morgan fingerprint density at radius 3 is 2.20 bits per heavy atom. The molecule has 0 radical (unpaired) electrons. The molecule has 3 rings (SSSR count). The van der Waals surface area contributed by atoms with Gasteiger partial charge < -0.3 is 10.2 Å². The lowest BCUT2D eigenvalue weighted by atomic mass is 10.0. The maximum Gasteiger partial charge on any atom is 0.243 e.